The number of benzene rings is 1. The number of hydrogen-bond donors (Lipinski definition) is 0. The van der Waals surface area contributed by atoms with Gasteiger partial charge >= 0.3 is 0 Å². The van der Waals surface area contributed by atoms with E-state index < -0.39 is 0 Å². The van der Waals surface area contributed by atoms with E-state index in [2.05, 4.69) is 4.98 Å². The first-order chi connectivity index (χ1) is 11.2. The van der Waals surface area contributed by atoms with Crippen LogP contribution in [0.3, 0.4) is 0 Å². The van der Waals surface area contributed by atoms with Crippen LogP contribution < -0.4 is 14.2 Å². The number of carbonyl (C=O) groups excluding carboxylic acids is 1. The van der Waals surface area contributed by atoms with E-state index in [-0.39, 0.29) is 12.7 Å². The summed E-state index contributed by atoms with van der Waals surface area (Å²) in [5, 5.41) is 2.54. The molecule has 1 aliphatic heterocycles. The van der Waals surface area contributed by atoms with Crippen LogP contribution in [-0.4, -0.2) is 35.7 Å². The first-order valence-corrected chi connectivity index (χ1v) is 8.35. The maximum atomic E-state index is 12.2. The Morgan fingerprint density at radius 1 is 1.30 bits per heavy atom. The minimum absolute atomic E-state index is 0.0411. The minimum Gasteiger partial charge on any atom is -0.486 e. The summed E-state index contributed by atoms with van der Waals surface area (Å²) in [6, 6.07) is 5.43. The lowest BCUT2D eigenvalue weighted by Crippen LogP contribution is -2.30. The summed E-state index contributed by atoms with van der Waals surface area (Å²) < 4.78 is 16.3. The molecule has 0 radical (unpaired) electrons. The molecule has 6 nitrogen and oxygen atoms in total. The molecular weight excluding hydrogens is 316 g/mol. The Morgan fingerprint density at radius 2 is 2.09 bits per heavy atom. The molecule has 0 bridgehead atoms. The zero-order valence-electron chi connectivity index (χ0n) is 13.1. The zero-order chi connectivity index (χ0) is 16.2. The Labute approximate surface area is 138 Å². The Bertz CT molecular complexity index is 697. The highest BCUT2D eigenvalue weighted by molar-refractivity contribution is 7.09. The van der Waals surface area contributed by atoms with Gasteiger partial charge in [0, 0.05) is 24.5 Å². The van der Waals surface area contributed by atoms with E-state index in [0.717, 1.165) is 10.8 Å². The van der Waals surface area contributed by atoms with Gasteiger partial charge in [-0.1, -0.05) is 0 Å². The monoisotopic (exact) mass is 334 g/mol. The average Bonchev–Trinajstić information content (AvgIpc) is 3.22. The average molecular weight is 334 g/mol. The molecule has 0 aliphatic carbocycles. The van der Waals surface area contributed by atoms with Crippen molar-refractivity contribution >= 4 is 17.2 Å². The molecule has 0 spiro atoms. The third-order valence-corrected chi connectivity index (χ3v) is 4.35. The SMILES string of the molecule is CCN(CC)C(=O)c1csc(COc2ccc3c(c2)OCO3)n1. The molecule has 1 aromatic heterocycles. The van der Waals surface area contributed by atoms with Crippen molar-refractivity contribution in [3.63, 3.8) is 0 Å². The lowest BCUT2D eigenvalue weighted by Gasteiger charge is -2.16. The Morgan fingerprint density at radius 3 is 2.87 bits per heavy atom. The van der Waals surface area contributed by atoms with Crippen molar-refractivity contribution in [1.29, 1.82) is 0 Å². The molecular formula is C16H18N2O4S. The smallest absolute Gasteiger partial charge is 0.273 e. The normalized spacial score (nSPS) is 12.3. The molecule has 0 fully saturated rings. The van der Waals surface area contributed by atoms with Gasteiger partial charge in [0.15, 0.2) is 11.5 Å². The van der Waals surface area contributed by atoms with Crippen molar-refractivity contribution in [1.82, 2.24) is 9.88 Å². The summed E-state index contributed by atoms with van der Waals surface area (Å²) in [5.41, 5.74) is 0.475. The van der Waals surface area contributed by atoms with Crippen molar-refractivity contribution in [2.75, 3.05) is 19.9 Å². The zero-order valence-corrected chi connectivity index (χ0v) is 13.9. The van der Waals surface area contributed by atoms with E-state index >= 15 is 0 Å². The third kappa shape index (κ3) is 3.39. The van der Waals surface area contributed by atoms with Gasteiger partial charge in [-0.25, -0.2) is 4.98 Å². The van der Waals surface area contributed by atoms with Gasteiger partial charge in [0.1, 0.15) is 23.1 Å². The molecule has 122 valence electrons. The van der Waals surface area contributed by atoms with Gasteiger partial charge in [-0.3, -0.25) is 4.79 Å². The maximum absolute atomic E-state index is 12.2. The van der Waals surface area contributed by atoms with Crippen LogP contribution >= 0.6 is 11.3 Å². The second kappa shape index (κ2) is 6.87. The van der Waals surface area contributed by atoms with E-state index in [1.54, 1.807) is 16.3 Å². The number of aromatic nitrogens is 1. The number of fused-ring (bicyclic) bond motifs is 1. The number of thiazole rings is 1. The summed E-state index contributed by atoms with van der Waals surface area (Å²) in [4.78, 5) is 18.3. The van der Waals surface area contributed by atoms with Gasteiger partial charge in [0.25, 0.3) is 5.91 Å². The van der Waals surface area contributed by atoms with Gasteiger partial charge in [-0.2, -0.15) is 0 Å². The van der Waals surface area contributed by atoms with Gasteiger partial charge in [-0.05, 0) is 26.0 Å². The van der Waals surface area contributed by atoms with E-state index in [0.29, 0.717) is 36.9 Å². The third-order valence-electron chi connectivity index (χ3n) is 3.53. The van der Waals surface area contributed by atoms with E-state index in [1.165, 1.54) is 11.3 Å². The van der Waals surface area contributed by atoms with Gasteiger partial charge in [0.2, 0.25) is 6.79 Å². The fraction of sp³-hybridized carbons (Fsp3) is 0.375. The Kier molecular flexibility index (Phi) is 4.66. The summed E-state index contributed by atoms with van der Waals surface area (Å²) in [6.45, 7) is 5.82. The summed E-state index contributed by atoms with van der Waals surface area (Å²) in [6.07, 6.45) is 0. The second-order valence-electron chi connectivity index (χ2n) is 4.91. The number of carbonyl (C=O) groups is 1. The number of nitrogens with zero attached hydrogens (tertiary/aromatic N) is 2. The molecule has 7 heteroatoms. The van der Waals surface area contributed by atoms with Crippen LogP contribution in [0.2, 0.25) is 0 Å². The molecule has 0 saturated carbocycles. The molecule has 0 N–H and O–H groups in total. The quantitative estimate of drug-likeness (QED) is 0.813. The van der Waals surface area contributed by atoms with Crippen LogP contribution in [0.15, 0.2) is 23.6 Å². The molecule has 23 heavy (non-hydrogen) atoms. The largest absolute Gasteiger partial charge is 0.486 e. The minimum atomic E-state index is -0.0411. The highest BCUT2D eigenvalue weighted by atomic mass is 32.1. The summed E-state index contributed by atoms with van der Waals surface area (Å²) >= 11 is 1.42. The van der Waals surface area contributed by atoms with Crippen LogP contribution in [-0.2, 0) is 6.61 Å². The summed E-state index contributed by atoms with van der Waals surface area (Å²) in [7, 11) is 0. The number of ether oxygens (including phenoxy) is 3. The number of amides is 1. The highest BCUT2D eigenvalue weighted by Crippen LogP contribution is 2.35. The van der Waals surface area contributed by atoms with Crippen molar-refractivity contribution in [3.05, 3.63) is 34.3 Å². The molecule has 1 aliphatic rings. The van der Waals surface area contributed by atoms with Crippen molar-refractivity contribution in [3.8, 4) is 17.2 Å². The number of hydrogen-bond acceptors (Lipinski definition) is 6. The predicted molar refractivity (Wildman–Crippen MR) is 86.3 cm³/mol. The highest BCUT2D eigenvalue weighted by Gasteiger charge is 2.17. The predicted octanol–water partition coefficient (Wildman–Crippen LogP) is 2.93. The lowest BCUT2D eigenvalue weighted by molar-refractivity contribution is 0.0767. The number of rotatable bonds is 6. The molecule has 1 aromatic carbocycles. The van der Waals surface area contributed by atoms with Crippen LogP contribution in [0.25, 0.3) is 0 Å². The molecule has 0 unspecified atom stereocenters. The first kappa shape index (κ1) is 15.6. The van der Waals surface area contributed by atoms with Gasteiger partial charge < -0.3 is 19.1 Å². The Balaban J connectivity index is 1.62. The van der Waals surface area contributed by atoms with E-state index in [9.17, 15) is 4.79 Å². The standard InChI is InChI=1S/C16H18N2O4S/c1-3-18(4-2)16(19)12-9-23-15(17-12)8-20-11-5-6-13-14(7-11)22-10-21-13/h5-7,9H,3-4,8,10H2,1-2H3. The van der Waals surface area contributed by atoms with Crippen molar-refractivity contribution in [2.45, 2.75) is 20.5 Å². The van der Waals surface area contributed by atoms with E-state index in [1.807, 2.05) is 26.0 Å². The molecule has 0 atom stereocenters. The lowest BCUT2D eigenvalue weighted by atomic mass is 10.3. The molecule has 3 rings (SSSR count). The second-order valence-corrected chi connectivity index (χ2v) is 5.85. The topological polar surface area (TPSA) is 60.9 Å². The fourth-order valence-electron chi connectivity index (χ4n) is 2.26. The molecule has 2 heterocycles. The van der Waals surface area contributed by atoms with Crippen molar-refractivity contribution in [2.24, 2.45) is 0 Å². The maximum Gasteiger partial charge on any atom is 0.273 e. The van der Waals surface area contributed by atoms with Crippen LogP contribution in [0.1, 0.15) is 29.3 Å². The van der Waals surface area contributed by atoms with Crippen LogP contribution in [0.4, 0.5) is 0 Å². The summed E-state index contributed by atoms with van der Waals surface area (Å²) in [5.74, 6) is 2.04. The molecule has 0 saturated heterocycles. The van der Waals surface area contributed by atoms with Crippen molar-refractivity contribution < 1.29 is 19.0 Å². The molecule has 2 aromatic rings. The fourth-order valence-corrected chi connectivity index (χ4v) is 2.94. The van der Waals surface area contributed by atoms with E-state index in [4.69, 9.17) is 14.2 Å². The Hall–Kier alpha value is -2.28. The van der Waals surface area contributed by atoms with Gasteiger partial charge in [-0.15, -0.1) is 11.3 Å². The van der Waals surface area contributed by atoms with Crippen LogP contribution in [0.5, 0.6) is 17.2 Å². The first-order valence-electron chi connectivity index (χ1n) is 7.47. The van der Waals surface area contributed by atoms with Gasteiger partial charge in [0.05, 0.1) is 0 Å². The van der Waals surface area contributed by atoms with Crippen LogP contribution in [0, 0.1) is 0 Å². The molecule has 1 amide bonds.